The summed E-state index contributed by atoms with van der Waals surface area (Å²) in [6.45, 7) is 14.5. The molecule has 1 amide bonds. The first-order chi connectivity index (χ1) is 15.7. The number of carbonyl (C=O) groups excluding carboxylic acids is 2. The Morgan fingerprint density at radius 2 is 1.82 bits per heavy atom. The Morgan fingerprint density at radius 3 is 2.38 bits per heavy atom. The molecule has 0 aliphatic carbocycles. The Morgan fingerprint density at radius 1 is 1.15 bits per heavy atom. The molecule has 34 heavy (non-hydrogen) atoms. The summed E-state index contributed by atoms with van der Waals surface area (Å²) in [6, 6.07) is 5.32. The van der Waals surface area contributed by atoms with Crippen molar-refractivity contribution in [2.75, 3.05) is 16.4 Å². The van der Waals surface area contributed by atoms with E-state index in [0.29, 0.717) is 17.2 Å². The second-order valence-electron chi connectivity index (χ2n) is 9.55. The van der Waals surface area contributed by atoms with Gasteiger partial charge in [-0.3, -0.25) is 10.1 Å². The number of amides is 1. The minimum absolute atomic E-state index is 0.0442. The summed E-state index contributed by atoms with van der Waals surface area (Å²) in [6.07, 6.45) is 0.856. The summed E-state index contributed by atoms with van der Waals surface area (Å²) < 4.78 is 6.29. The number of benzene rings is 1. The van der Waals surface area contributed by atoms with Gasteiger partial charge in [-0.25, -0.2) is 14.6 Å². The van der Waals surface area contributed by atoms with Crippen molar-refractivity contribution in [3.63, 3.8) is 0 Å². The molecule has 2 rings (SSSR count). The van der Waals surface area contributed by atoms with E-state index in [1.807, 2.05) is 26.0 Å². The van der Waals surface area contributed by atoms with E-state index in [1.165, 1.54) is 13.1 Å². The van der Waals surface area contributed by atoms with Gasteiger partial charge < -0.3 is 14.9 Å². The van der Waals surface area contributed by atoms with Gasteiger partial charge in [0.2, 0.25) is 0 Å². The van der Waals surface area contributed by atoms with Crippen LogP contribution in [0.15, 0.2) is 34.1 Å². The molecule has 1 aromatic carbocycles. The maximum Gasteiger partial charge on any atom is 0.412 e. The van der Waals surface area contributed by atoms with Crippen molar-refractivity contribution in [1.29, 1.82) is 0 Å². The molecule has 0 radical (unpaired) electrons. The highest BCUT2D eigenvalue weighted by Crippen LogP contribution is 2.31. The summed E-state index contributed by atoms with van der Waals surface area (Å²) in [5.74, 6) is 0.708. The summed E-state index contributed by atoms with van der Waals surface area (Å²) >= 11 is 1.61. The number of hydrogen-bond donors (Lipinski definition) is 2. The molecule has 0 unspecified atom stereocenters. The number of rotatable bonds is 8. The number of nitrogens with one attached hydrogen (secondary N) is 2. The molecular formula is C24H34N4O5S. The lowest BCUT2D eigenvalue weighted by Gasteiger charge is -2.20. The first-order valence-electron chi connectivity index (χ1n) is 11.1. The predicted molar refractivity (Wildman–Crippen MR) is 135 cm³/mol. The Balaban J connectivity index is 2.59. The molecule has 0 saturated heterocycles. The SMILES string of the molecule is CC(=O)On1c(-c2cc(NC(=O)OC(C)(C)C)cc(SCC(C)C)c2)cnc(NC(C)C)c1=O. The Labute approximate surface area is 204 Å². The van der Waals surface area contributed by atoms with E-state index in [4.69, 9.17) is 9.57 Å². The zero-order valence-corrected chi connectivity index (χ0v) is 21.8. The van der Waals surface area contributed by atoms with Crippen LogP contribution in [-0.4, -0.2) is 39.2 Å². The molecule has 0 aliphatic rings. The number of aromatic nitrogens is 2. The monoisotopic (exact) mass is 490 g/mol. The molecule has 0 atom stereocenters. The first kappa shape index (κ1) is 27.2. The van der Waals surface area contributed by atoms with Gasteiger partial charge in [0.1, 0.15) is 11.3 Å². The van der Waals surface area contributed by atoms with Gasteiger partial charge in [-0.15, -0.1) is 16.5 Å². The third kappa shape index (κ3) is 8.40. The predicted octanol–water partition coefficient (Wildman–Crippen LogP) is 4.80. The maximum absolute atomic E-state index is 13.0. The third-order valence-electron chi connectivity index (χ3n) is 4.00. The summed E-state index contributed by atoms with van der Waals surface area (Å²) in [7, 11) is 0. The van der Waals surface area contributed by atoms with Gasteiger partial charge in [0.25, 0.3) is 0 Å². The average molecular weight is 491 g/mol. The molecule has 0 aliphatic heterocycles. The number of thioether (sulfide) groups is 1. The molecule has 0 spiro atoms. The molecule has 0 saturated carbocycles. The van der Waals surface area contributed by atoms with E-state index in [0.717, 1.165) is 15.4 Å². The number of hydrogen-bond acceptors (Lipinski definition) is 8. The highest BCUT2D eigenvalue weighted by atomic mass is 32.2. The highest BCUT2D eigenvalue weighted by molar-refractivity contribution is 7.99. The van der Waals surface area contributed by atoms with E-state index >= 15 is 0 Å². The molecular weight excluding hydrogens is 456 g/mol. The lowest BCUT2D eigenvalue weighted by molar-refractivity contribution is -0.141. The average Bonchev–Trinajstić information content (AvgIpc) is 2.67. The second-order valence-corrected chi connectivity index (χ2v) is 10.6. The standard InChI is InChI=1S/C24H34N4O5S/c1-14(2)13-34-19-10-17(9-18(11-19)27-23(31)32-24(6,7)8)20-12-25-21(26-15(3)4)22(30)28(20)33-16(5)29/h9-12,14-15H,13H2,1-8H3,(H,25,26)(H,27,31). The quantitative estimate of drug-likeness (QED) is 0.508. The molecule has 2 N–H and O–H groups in total. The summed E-state index contributed by atoms with van der Waals surface area (Å²) in [5.41, 5.74) is 0.0404. The maximum atomic E-state index is 13.0. The van der Waals surface area contributed by atoms with Crippen LogP contribution in [0.3, 0.4) is 0 Å². The molecule has 10 heteroatoms. The van der Waals surface area contributed by atoms with E-state index in [9.17, 15) is 14.4 Å². The molecule has 1 heterocycles. The van der Waals surface area contributed by atoms with E-state index in [2.05, 4.69) is 29.5 Å². The smallest absolute Gasteiger partial charge is 0.412 e. The zero-order chi connectivity index (χ0) is 25.6. The molecule has 1 aromatic heterocycles. The largest absolute Gasteiger partial charge is 0.444 e. The first-order valence-corrected chi connectivity index (χ1v) is 12.1. The lowest BCUT2D eigenvalue weighted by Crippen LogP contribution is -2.34. The Kier molecular flexibility index (Phi) is 9.14. The fourth-order valence-corrected chi connectivity index (χ4v) is 3.76. The highest BCUT2D eigenvalue weighted by Gasteiger charge is 2.19. The van der Waals surface area contributed by atoms with E-state index < -0.39 is 23.2 Å². The van der Waals surface area contributed by atoms with Crippen molar-refractivity contribution in [3.05, 3.63) is 34.7 Å². The molecule has 0 fully saturated rings. The number of ether oxygens (including phenoxy) is 1. The van der Waals surface area contributed by atoms with Crippen LogP contribution in [0.1, 0.15) is 55.4 Å². The van der Waals surface area contributed by atoms with Gasteiger partial charge in [-0.05, 0) is 58.7 Å². The fourth-order valence-electron chi connectivity index (χ4n) is 2.81. The van der Waals surface area contributed by atoms with Crippen molar-refractivity contribution < 1.29 is 19.2 Å². The van der Waals surface area contributed by atoms with Gasteiger partial charge in [-0.2, -0.15) is 0 Å². The summed E-state index contributed by atoms with van der Waals surface area (Å²) in [4.78, 5) is 47.5. The Bertz CT molecular complexity index is 1090. The third-order valence-corrected chi connectivity index (χ3v) is 5.40. The van der Waals surface area contributed by atoms with Gasteiger partial charge in [0, 0.05) is 34.9 Å². The molecule has 186 valence electrons. The van der Waals surface area contributed by atoms with Crippen LogP contribution in [0.4, 0.5) is 16.3 Å². The summed E-state index contributed by atoms with van der Waals surface area (Å²) in [5, 5.41) is 5.70. The van der Waals surface area contributed by atoms with Gasteiger partial charge >= 0.3 is 17.6 Å². The van der Waals surface area contributed by atoms with E-state index in [1.54, 1.807) is 38.6 Å². The van der Waals surface area contributed by atoms with Gasteiger partial charge in [0.05, 0.1) is 6.20 Å². The second kappa shape index (κ2) is 11.4. The van der Waals surface area contributed by atoms with E-state index in [-0.39, 0.29) is 17.6 Å². The van der Waals surface area contributed by atoms with Crippen LogP contribution >= 0.6 is 11.8 Å². The zero-order valence-electron chi connectivity index (χ0n) is 21.0. The number of nitrogens with zero attached hydrogens (tertiary/aromatic N) is 2. The molecule has 9 nitrogen and oxygen atoms in total. The molecule has 0 bridgehead atoms. The number of carbonyl (C=O) groups is 2. The van der Waals surface area contributed by atoms with Crippen molar-refractivity contribution in [2.24, 2.45) is 5.92 Å². The van der Waals surface area contributed by atoms with Gasteiger partial charge in [-0.1, -0.05) is 13.8 Å². The molecule has 2 aromatic rings. The van der Waals surface area contributed by atoms with Gasteiger partial charge in [0.15, 0.2) is 5.82 Å². The lowest BCUT2D eigenvalue weighted by atomic mass is 10.1. The van der Waals surface area contributed by atoms with Crippen LogP contribution in [-0.2, 0) is 9.53 Å². The minimum atomic E-state index is -0.657. The van der Waals surface area contributed by atoms with Crippen molar-refractivity contribution in [2.45, 2.75) is 71.9 Å². The van der Waals surface area contributed by atoms with Crippen LogP contribution in [0.25, 0.3) is 11.3 Å². The number of anilines is 2. The minimum Gasteiger partial charge on any atom is -0.444 e. The van der Waals surface area contributed by atoms with Crippen molar-refractivity contribution in [3.8, 4) is 11.3 Å². The van der Waals surface area contributed by atoms with Crippen LogP contribution in [0.5, 0.6) is 0 Å². The fraction of sp³-hybridized carbons (Fsp3) is 0.500. The van der Waals surface area contributed by atoms with Crippen LogP contribution in [0, 0.1) is 5.92 Å². The Hall–Kier alpha value is -3.01. The topological polar surface area (TPSA) is 112 Å². The van der Waals surface area contributed by atoms with Crippen molar-refractivity contribution >= 4 is 35.3 Å². The van der Waals surface area contributed by atoms with Crippen LogP contribution < -0.4 is 21.0 Å². The van der Waals surface area contributed by atoms with Crippen LogP contribution in [0.2, 0.25) is 0 Å². The normalized spacial score (nSPS) is 11.5. The van der Waals surface area contributed by atoms with Crippen molar-refractivity contribution in [1.82, 2.24) is 9.71 Å².